The Bertz CT molecular complexity index is 412. The Morgan fingerprint density at radius 2 is 2.27 bits per heavy atom. The zero-order chi connectivity index (χ0) is 10.5. The summed E-state index contributed by atoms with van der Waals surface area (Å²) in [7, 11) is 0. The van der Waals surface area contributed by atoms with E-state index in [2.05, 4.69) is 20.5 Å². The normalized spacial score (nSPS) is 10.5. The molecule has 5 nitrogen and oxygen atoms in total. The molecule has 2 rings (SSSR count). The molecule has 0 unspecified atom stereocenters. The quantitative estimate of drug-likeness (QED) is 0.811. The zero-order valence-corrected chi connectivity index (χ0v) is 8.47. The summed E-state index contributed by atoms with van der Waals surface area (Å²) in [4.78, 5) is 4.13. The van der Waals surface area contributed by atoms with E-state index in [0.717, 1.165) is 6.54 Å². The fraction of sp³-hybridized carbons (Fsp3) is 0.300. The fourth-order valence-corrected chi connectivity index (χ4v) is 1.15. The van der Waals surface area contributed by atoms with Crippen LogP contribution in [-0.4, -0.2) is 21.7 Å². The second-order valence-electron chi connectivity index (χ2n) is 3.00. The molecule has 0 fully saturated rings. The SMILES string of the molecule is CCNCc1nnc(-c2ccccn2)o1. The van der Waals surface area contributed by atoms with Crippen molar-refractivity contribution in [3.63, 3.8) is 0 Å². The van der Waals surface area contributed by atoms with E-state index >= 15 is 0 Å². The fourth-order valence-electron chi connectivity index (χ4n) is 1.15. The van der Waals surface area contributed by atoms with Crippen molar-refractivity contribution in [1.82, 2.24) is 20.5 Å². The van der Waals surface area contributed by atoms with Crippen molar-refractivity contribution in [1.29, 1.82) is 0 Å². The molecule has 0 aromatic carbocycles. The average Bonchev–Trinajstić information content (AvgIpc) is 2.76. The van der Waals surface area contributed by atoms with Crippen LogP contribution in [0.5, 0.6) is 0 Å². The van der Waals surface area contributed by atoms with Gasteiger partial charge in [-0.2, -0.15) is 0 Å². The highest BCUT2D eigenvalue weighted by Crippen LogP contribution is 2.13. The van der Waals surface area contributed by atoms with E-state index in [-0.39, 0.29) is 0 Å². The van der Waals surface area contributed by atoms with Crippen molar-refractivity contribution in [2.45, 2.75) is 13.5 Å². The van der Waals surface area contributed by atoms with Gasteiger partial charge in [-0.1, -0.05) is 13.0 Å². The van der Waals surface area contributed by atoms with Gasteiger partial charge in [-0.25, -0.2) is 0 Å². The van der Waals surface area contributed by atoms with E-state index in [9.17, 15) is 0 Å². The summed E-state index contributed by atoms with van der Waals surface area (Å²) in [5, 5.41) is 10.9. The number of nitrogens with one attached hydrogen (secondary N) is 1. The Balaban J connectivity index is 2.14. The molecule has 0 aliphatic heterocycles. The van der Waals surface area contributed by atoms with Crippen molar-refractivity contribution < 1.29 is 4.42 Å². The predicted octanol–water partition coefficient (Wildman–Crippen LogP) is 1.24. The topological polar surface area (TPSA) is 63.8 Å². The maximum absolute atomic E-state index is 5.42. The third-order valence-electron chi connectivity index (χ3n) is 1.88. The molecule has 15 heavy (non-hydrogen) atoms. The molecule has 0 spiro atoms. The van der Waals surface area contributed by atoms with Crippen LogP contribution < -0.4 is 5.32 Å². The monoisotopic (exact) mass is 204 g/mol. The molecule has 0 bridgehead atoms. The summed E-state index contributed by atoms with van der Waals surface area (Å²) in [5.41, 5.74) is 0.702. The summed E-state index contributed by atoms with van der Waals surface area (Å²) in [6, 6.07) is 5.57. The Labute approximate surface area is 87.6 Å². The third-order valence-corrected chi connectivity index (χ3v) is 1.88. The Morgan fingerprint density at radius 3 is 3.00 bits per heavy atom. The third kappa shape index (κ3) is 2.38. The highest BCUT2D eigenvalue weighted by Gasteiger charge is 2.07. The van der Waals surface area contributed by atoms with Gasteiger partial charge in [0.2, 0.25) is 5.89 Å². The lowest BCUT2D eigenvalue weighted by Crippen LogP contribution is -2.11. The van der Waals surface area contributed by atoms with Gasteiger partial charge in [-0.3, -0.25) is 4.98 Å². The molecular weight excluding hydrogens is 192 g/mol. The summed E-state index contributed by atoms with van der Waals surface area (Å²) >= 11 is 0. The van der Waals surface area contributed by atoms with E-state index in [1.807, 2.05) is 25.1 Å². The van der Waals surface area contributed by atoms with Gasteiger partial charge in [-0.15, -0.1) is 10.2 Å². The molecule has 0 aliphatic rings. The van der Waals surface area contributed by atoms with E-state index in [1.165, 1.54) is 0 Å². The maximum atomic E-state index is 5.42. The highest BCUT2D eigenvalue weighted by molar-refractivity contribution is 5.44. The van der Waals surface area contributed by atoms with Crippen LogP contribution >= 0.6 is 0 Å². The summed E-state index contributed by atoms with van der Waals surface area (Å²) in [5.74, 6) is 1.04. The molecule has 78 valence electrons. The first-order chi connectivity index (χ1) is 7.40. The number of pyridine rings is 1. The standard InChI is InChI=1S/C10H12N4O/c1-2-11-7-9-13-14-10(15-9)8-5-3-4-6-12-8/h3-6,11H,2,7H2,1H3. The average molecular weight is 204 g/mol. The second-order valence-corrected chi connectivity index (χ2v) is 3.00. The van der Waals surface area contributed by atoms with Crippen LogP contribution in [0.15, 0.2) is 28.8 Å². The Morgan fingerprint density at radius 1 is 1.33 bits per heavy atom. The van der Waals surface area contributed by atoms with E-state index < -0.39 is 0 Å². The minimum Gasteiger partial charge on any atom is -0.418 e. The zero-order valence-electron chi connectivity index (χ0n) is 8.47. The van der Waals surface area contributed by atoms with Crippen LogP contribution in [-0.2, 0) is 6.54 Å². The number of nitrogens with zero attached hydrogens (tertiary/aromatic N) is 3. The van der Waals surface area contributed by atoms with Gasteiger partial charge in [0.15, 0.2) is 0 Å². The van der Waals surface area contributed by atoms with Crippen molar-refractivity contribution in [2.24, 2.45) is 0 Å². The summed E-state index contributed by atoms with van der Waals surface area (Å²) in [6.07, 6.45) is 1.70. The number of hydrogen-bond donors (Lipinski definition) is 1. The molecular formula is C10H12N4O. The molecule has 0 saturated heterocycles. The van der Waals surface area contributed by atoms with E-state index in [0.29, 0.717) is 24.0 Å². The van der Waals surface area contributed by atoms with Crippen molar-refractivity contribution in [3.8, 4) is 11.6 Å². The van der Waals surface area contributed by atoms with Crippen LogP contribution in [0, 0.1) is 0 Å². The Kier molecular flexibility index (Phi) is 3.04. The van der Waals surface area contributed by atoms with E-state index in [4.69, 9.17) is 4.42 Å². The summed E-state index contributed by atoms with van der Waals surface area (Å²) < 4.78 is 5.42. The number of rotatable bonds is 4. The van der Waals surface area contributed by atoms with Gasteiger partial charge in [0, 0.05) is 6.20 Å². The molecule has 0 atom stereocenters. The van der Waals surface area contributed by atoms with Gasteiger partial charge in [-0.05, 0) is 18.7 Å². The molecule has 0 amide bonds. The molecule has 2 aromatic heterocycles. The summed E-state index contributed by atoms with van der Waals surface area (Å²) in [6.45, 7) is 3.49. The molecule has 2 aromatic rings. The number of aromatic nitrogens is 3. The van der Waals surface area contributed by atoms with Gasteiger partial charge in [0.25, 0.3) is 5.89 Å². The lowest BCUT2D eigenvalue weighted by molar-refractivity contribution is 0.481. The van der Waals surface area contributed by atoms with Gasteiger partial charge < -0.3 is 9.73 Å². The van der Waals surface area contributed by atoms with E-state index in [1.54, 1.807) is 6.20 Å². The minimum absolute atomic E-state index is 0.462. The van der Waals surface area contributed by atoms with Crippen molar-refractivity contribution in [2.75, 3.05) is 6.54 Å². The van der Waals surface area contributed by atoms with Crippen LogP contribution in [0.25, 0.3) is 11.6 Å². The van der Waals surface area contributed by atoms with Gasteiger partial charge in [0.05, 0.1) is 6.54 Å². The van der Waals surface area contributed by atoms with Crippen molar-refractivity contribution in [3.05, 3.63) is 30.3 Å². The number of hydrogen-bond acceptors (Lipinski definition) is 5. The predicted molar refractivity (Wildman–Crippen MR) is 54.9 cm³/mol. The molecule has 0 saturated carbocycles. The highest BCUT2D eigenvalue weighted by atomic mass is 16.4. The minimum atomic E-state index is 0.462. The lowest BCUT2D eigenvalue weighted by atomic mass is 10.3. The largest absolute Gasteiger partial charge is 0.418 e. The van der Waals surface area contributed by atoms with Gasteiger partial charge in [0.1, 0.15) is 5.69 Å². The molecule has 5 heteroatoms. The van der Waals surface area contributed by atoms with Crippen LogP contribution in [0.3, 0.4) is 0 Å². The maximum Gasteiger partial charge on any atom is 0.266 e. The van der Waals surface area contributed by atoms with Crippen molar-refractivity contribution >= 4 is 0 Å². The molecule has 2 heterocycles. The van der Waals surface area contributed by atoms with Crippen LogP contribution in [0.1, 0.15) is 12.8 Å². The first-order valence-electron chi connectivity index (χ1n) is 4.84. The Hall–Kier alpha value is -1.75. The second kappa shape index (κ2) is 4.65. The molecule has 1 N–H and O–H groups in total. The molecule has 0 radical (unpaired) electrons. The van der Waals surface area contributed by atoms with Gasteiger partial charge >= 0.3 is 0 Å². The van der Waals surface area contributed by atoms with Crippen LogP contribution in [0.2, 0.25) is 0 Å². The van der Waals surface area contributed by atoms with Crippen LogP contribution in [0.4, 0.5) is 0 Å². The lowest BCUT2D eigenvalue weighted by Gasteiger charge is -1.94. The first-order valence-corrected chi connectivity index (χ1v) is 4.84. The molecule has 0 aliphatic carbocycles. The first kappa shape index (κ1) is 9.79. The smallest absolute Gasteiger partial charge is 0.266 e.